The number of nitrogens with zero attached hydrogens (tertiary/aromatic N) is 1. The Bertz CT molecular complexity index is 254. The summed E-state index contributed by atoms with van der Waals surface area (Å²) in [6.45, 7) is 6.94. The third kappa shape index (κ3) is 2.46. The highest BCUT2D eigenvalue weighted by molar-refractivity contribution is 5.47. The van der Waals surface area contributed by atoms with E-state index in [9.17, 15) is 0 Å². The molecule has 0 aromatic heterocycles. The number of benzene rings is 1. The Labute approximate surface area is 80.4 Å². The largest absolute Gasteiger partial charge is 0.372 e. The van der Waals surface area contributed by atoms with Gasteiger partial charge in [0.05, 0.1) is 0 Å². The molecule has 0 aliphatic heterocycles. The number of anilines is 1. The van der Waals surface area contributed by atoms with E-state index < -0.39 is 0 Å². The van der Waals surface area contributed by atoms with E-state index in [4.69, 9.17) is 5.73 Å². The van der Waals surface area contributed by atoms with E-state index in [1.807, 2.05) is 6.07 Å². The minimum absolute atomic E-state index is 0.565. The molecule has 1 aromatic rings. The van der Waals surface area contributed by atoms with Gasteiger partial charge in [-0.1, -0.05) is 6.07 Å². The lowest BCUT2D eigenvalue weighted by atomic mass is 10.2. The van der Waals surface area contributed by atoms with Crippen molar-refractivity contribution in [3.63, 3.8) is 0 Å². The van der Waals surface area contributed by atoms with E-state index in [0.717, 1.165) is 18.7 Å². The van der Waals surface area contributed by atoms with Gasteiger partial charge < -0.3 is 10.6 Å². The molecule has 0 atom stereocenters. The number of rotatable bonds is 4. The molecule has 0 spiro atoms. The topological polar surface area (TPSA) is 29.3 Å². The quantitative estimate of drug-likeness (QED) is 0.759. The maximum atomic E-state index is 5.55. The van der Waals surface area contributed by atoms with Crippen LogP contribution >= 0.6 is 0 Å². The maximum absolute atomic E-state index is 5.55. The van der Waals surface area contributed by atoms with E-state index >= 15 is 0 Å². The molecule has 13 heavy (non-hydrogen) atoms. The highest BCUT2D eigenvalue weighted by Gasteiger charge is 2.01. The van der Waals surface area contributed by atoms with Gasteiger partial charge in [-0.25, -0.2) is 0 Å². The van der Waals surface area contributed by atoms with Crippen LogP contribution in [0.15, 0.2) is 18.2 Å². The minimum atomic E-state index is 0.565. The van der Waals surface area contributed by atoms with E-state index in [0.29, 0.717) is 6.54 Å². The van der Waals surface area contributed by atoms with Crippen LogP contribution in [-0.4, -0.2) is 13.1 Å². The summed E-state index contributed by atoms with van der Waals surface area (Å²) in [6.07, 6.45) is 0. The summed E-state index contributed by atoms with van der Waals surface area (Å²) in [5, 5.41) is 0. The summed E-state index contributed by atoms with van der Waals surface area (Å²) in [5.41, 5.74) is 7.87. The molecular formula is C11H17N2. The highest BCUT2D eigenvalue weighted by Crippen LogP contribution is 2.14. The Morgan fingerprint density at radius 3 is 2.62 bits per heavy atom. The van der Waals surface area contributed by atoms with E-state index in [1.54, 1.807) is 0 Å². The molecule has 0 heterocycles. The summed E-state index contributed by atoms with van der Waals surface area (Å²) < 4.78 is 0. The summed E-state index contributed by atoms with van der Waals surface area (Å²) in [7, 11) is 0. The minimum Gasteiger partial charge on any atom is -0.372 e. The molecule has 0 bridgehead atoms. The maximum Gasteiger partial charge on any atom is 0.0369 e. The zero-order chi connectivity index (χ0) is 9.68. The van der Waals surface area contributed by atoms with Crippen molar-refractivity contribution in [1.82, 2.24) is 0 Å². The second-order valence-corrected chi connectivity index (χ2v) is 2.95. The third-order valence-corrected chi connectivity index (χ3v) is 2.19. The van der Waals surface area contributed by atoms with Gasteiger partial charge >= 0.3 is 0 Å². The van der Waals surface area contributed by atoms with Crippen LogP contribution in [0.2, 0.25) is 0 Å². The number of hydrogen-bond acceptors (Lipinski definition) is 2. The van der Waals surface area contributed by atoms with Gasteiger partial charge in [-0.3, -0.25) is 0 Å². The zero-order valence-electron chi connectivity index (χ0n) is 8.38. The Morgan fingerprint density at radius 1 is 1.38 bits per heavy atom. The summed E-state index contributed by atoms with van der Waals surface area (Å²) in [4.78, 5) is 2.30. The molecule has 0 unspecified atom stereocenters. The van der Waals surface area contributed by atoms with Gasteiger partial charge in [0.25, 0.3) is 0 Å². The summed E-state index contributed by atoms with van der Waals surface area (Å²) in [6, 6.07) is 9.23. The van der Waals surface area contributed by atoms with Crippen LogP contribution in [-0.2, 0) is 6.54 Å². The van der Waals surface area contributed by atoms with Crippen molar-refractivity contribution in [2.24, 2.45) is 5.73 Å². The molecule has 71 valence electrons. The van der Waals surface area contributed by atoms with Crippen molar-refractivity contribution >= 4 is 5.69 Å². The first-order valence-electron chi connectivity index (χ1n) is 4.77. The molecule has 2 N–H and O–H groups in total. The molecule has 0 aliphatic rings. The molecule has 0 amide bonds. The van der Waals surface area contributed by atoms with E-state index in [1.165, 1.54) is 5.69 Å². The summed E-state index contributed by atoms with van der Waals surface area (Å²) in [5.74, 6) is 0. The fraction of sp³-hybridized carbons (Fsp3) is 0.455. The van der Waals surface area contributed by atoms with Crippen molar-refractivity contribution in [2.45, 2.75) is 20.4 Å². The molecular weight excluding hydrogens is 160 g/mol. The molecule has 0 saturated carbocycles. The predicted octanol–water partition coefficient (Wildman–Crippen LogP) is 1.79. The first kappa shape index (κ1) is 10.1. The van der Waals surface area contributed by atoms with Gasteiger partial charge in [-0.2, -0.15) is 0 Å². The average molecular weight is 177 g/mol. The SMILES string of the molecule is CCN(CC)c1cc[c]c(CN)c1. The Kier molecular flexibility index (Phi) is 3.77. The van der Waals surface area contributed by atoms with Crippen LogP contribution in [0.25, 0.3) is 0 Å². The number of hydrogen-bond donors (Lipinski definition) is 1. The normalized spacial score (nSPS) is 10.1. The lowest BCUT2D eigenvalue weighted by molar-refractivity contribution is 0.864. The molecule has 0 fully saturated rings. The smallest absolute Gasteiger partial charge is 0.0369 e. The van der Waals surface area contributed by atoms with Crippen LogP contribution < -0.4 is 10.6 Å². The number of nitrogens with two attached hydrogens (primary N) is 1. The second kappa shape index (κ2) is 4.87. The third-order valence-electron chi connectivity index (χ3n) is 2.19. The Hall–Kier alpha value is -1.02. The highest BCUT2D eigenvalue weighted by atomic mass is 15.1. The van der Waals surface area contributed by atoms with Gasteiger partial charge in [0, 0.05) is 25.3 Å². The predicted molar refractivity (Wildman–Crippen MR) is 56.7 cm³/mol. The molecule has 1 aromatic carbocycles. The van der Waals surface area contributed by atoms with E-state index in [-0.39, 0.29) is 0 Å². The molecule has 0 saturated heterocycles. The fourth-order valence-electron chi connectivity index (χ4n) is 1.41. The second-order valence-electron chi connectivity index (χ2n) is 2.95. The first-order chi connectivity index (χ1) is 6.31. The van der Waals surface area contributed by atoms with E-state index in [2.05, 4.69) is 36.9 Å². The van der Waals surface area contributed by atoms with Crippen molar-refractivity contribution in [1.29, 1.82) is 0 Å². The first-order valence-corrected chi connectivity index (χ1v) is 4.77. The lowest BCUT2D eigenvalue weighted by Crippen LogP contribution is -2.21. The van der Waals surface area contributed by atoms with Crippen LogP contribution in [0.5, 0.6) is 0 Å². The van der Waals surface area contributed by atoms with Crippen molar-refractivity contribution in [3.05, 3.63) is 29.8 Å². The Morgan fingerprint density at radius 2 is 2.08 bits per heavy atom. The van der Waals surface area contributed by atoms with Gasteiger partial charge in [0.1, 0.15) is 0 Å². The van der Waals surface area contributed by atoms with Crippen LogP contribution in [0.3, 0.4) is 0 Å². The van der Waals surface area contributed by atoms with Crippen molar-refractivity contribution in [3.8, 4) is 0 Å². The molecule has 1 radical (unpaired) electrons. The average Bonchev–Trinajstić information content (AvgIpc) is 2.20. The molecule has 0 aliphatic carbocycles. The Balaban J connectivity index is 2.86. The standard InChI is InChI=1S/C11H17N2/c1-3-13(4-2)11-7-5-6-10(8-11)9-12/h5,7-8H,3-4,9,12H2,1-2H3. The van der Waals surface area contributed by atoms with Crippen molar-refractivity contribution in [2.75, 3.05) is 18.0 Å². The summed E-state index contributed by atoms with van der Waals surface area (Å²) >= 11 is 0. The van der Waals surface area contributed by atoms with Gasteiger partial charge in [0.2, 0.25) is 0 Å². The van der Waals surface area contributed by atoms with Gasteiger partial charge in [-0.15, -0.1) is 0 Å². The monoisotopic (exact) mass is 177 g/mol. The molecule has 2 nitrogen and oxygen atoms in total. The molecule has 1 rings (SSSR count). The fourth-order valence-corrected chi connectivity index (χ4v) is 1.41. The van der Waals surface area contributed by atoms with Crippen LogP contribution in [0.1, 0.15) is 19.4 Å². The van der Waals surface area contributed by atoms with Gasteiger partial charge in [0.15, 0.2) is 0 Å². The molecule has 2 heteroatoms. The van der Waals surface area contributed by atoms with Crippen LogP contribution in [0.4, 0.5) is 5.69 Å². The van der Waals surface area contributed by atoms with Crippen molar-refractivity contribution < 1.29 is 0 Å². The lowest BCUT2D eigenvalue weighted by Gasteiger charge is -2.21. The van der Waals surface area contributed by atoms with Gasteiger partial charge in [-0.05, 0) is 37.6 Å². The van der Waals surface area contributed by atoms with Crippen LogP contribution in [0, 0.1) is 6.07 Å². The zero-order valence-corrected chi connectivity index (χ0v) is 8.38.